The van der Waals surface area contributed by atoms with Crippen LogP contribution in [0.25, 0.3) is 0 Å². The molecular weight excluding hydrogens is 317 g/mol. The van der Waals surface area contributed by atoms with E-state index in [1.165, 1.54) is 12.1 Å². The highest BCUT2D eigenvalue weighted by Gasteiger charge is 2.45. The summed E-state index contributed by atoms with van der Waals surface area (Å²) in [5.74, 6) is -3.20. The summed E-state index contributed by atoms with van der Waals surface area (Å²) in [7, 11) is 0. The highest BCUT2D eigenvalue weighted by Crippen LogP contribution is 2.17. The molecule has 1 saturated heterocycles. The lowest BCUT2D eigenvalue weighted by molar-refractivity contribution is -0.143. The molecule has 0 bridgehead atoms. The summed E-state index contributed by atoms with van der Waals surface area (Å²) in [6.07, 6.45) is 0. The van der Waals surface area contributed by atoms with Crippen LogP contribution in [-0.2, 0) is 14.4 Å². The Balaban J connectivity index is 2.08. The summed E-state index contributed by atoms with van der Waals surface area (Å²) in [4.78, 5) is 49.3. The van der Waals surface area contributed by atoms with Crippen molar-refractivity contribution in [3.63, 3.8) is 0 Å². The second kappa shape index (κ2) is 6.77. The lowest BCUT2D eigenvalue weighted by atomic mass is 10.2. The molecule has 0 unspecified atom stereocenters. The molecule has 0 spiro atoms. The average Bonchev–Trinajstić information content (AvgIpc) is 2.68. The largest absolute Gasteiger partial charge is 0.334 e. The van der Waals surface area contributed by atoms with Crippen LogP contribution in [0, 0.1) is 18.7 Å². The van der Waals surface area contributed by atoms with E-state index >= 15 is 0 Å². The molecule has 128 valence electrons. The standard InChI is InChI=1S/C16H18FN3O4/c1-9(2)7-19-14(22)15(23)20(16(19)24)8-13(21)18-12-6-11(17)5-4-10(12)3/h4-6,9H,7-8H2,1-3H3,(H,18,21). The molecule has 5 amide bonds. The van der Waals surface area contributed by atoms with Crippen LogP contribution in [0.5, 0.6) is 0 Å². The maximum Gasteiger partial charge on any atom is 0.334 e. The Morgan fingerprint density at radius 1 is 1.17 bits per heavy atom. The molecule has 0 aliphatic carbocycles. The van der Waals surface area contributed by atoms with Crippen LogP contribution in [0.2, 0.25) is 0 Å². The molecule has 1 heterocycles. The molecule has 24 heavy (non-hydrogen) atoms. The third-order valence-electron chi connectivity index (χ3n) is 3.46. The number of aryl methyl sites for hydroxylation is 1. The first-order valence-corrected chi connectivity index (χ1v) is 7.44. The predicted molar refractivity (Wildman–Crippen MR) is 83.4 cm³/mol. The van der Waals surface area contributed by atoms with Gasteiger partial charge in [0.25, 0.3) is 0 Å². The quantitative estimate of drug-likeness (QED) is 0.653. The van der Waals surface area contributed by atoms with Crippen LogP contribution < -0.4 is 5.32 Å². The summed E-state index contributed by atoms with van der Waals surface area (Å²) >= 11 is 0. The van der Waals surface area contributed by atoms with Gasteiger partial charge in [0.15, 0.2) is 0 Å². The highest BCUT2D eigenvalue weighted by atomic mass is 19.1. The fraction of sp³-hybridized carbons (Fsp3) is 0.375. The fourth-order valence-corrected chi connectivity index (χ4v) is 2.28. The smallest absolute Gasteiger partial charge is 0.324 e. The average molecular weight is 335 g/mol. The number of carbonyl (C=O) groups excluding carboxylic acids is 4. The van der Waals surface area contributed by atoms with Gasteiger partial charge in [-0.15, -0.1) is 0 Å². The summed E-state index contributed by atoms with van der Waals surface area (Å²) < 4.78 is 13.2. The maximum absolute atomic E-state index is 13.2. The van der Waals surface area contributed by atoms with Crippen LogP contribution in [0.1, 0.15) is 19.4 Å². The number of urea groups is 1. The Labute approximate surface area is 138 Å². The van der Waals surface area contributed by atoms with Crippen molar-refractivity contribution in [1.29, 1.82) is 0 Å². The first-order valence-electron chi connectivity index (χ1n) is 7.44. The van der Waals surface area contributed by atoms with Crippen molar-refractivity contribution in [3.8, 4) is 0 Å². The Bertz CT molecular complexity index is 717. The Hall–Kier alpha value is -2.77. The van der Waals surface area contributed by atoms with Crippen LogP contribution >= 0.6 is 0 Å². The van der Waals surface area contributed by atoms with E-state index in [-0.39, 0.29) is 18.2 Å². The number of amides is 5. The van der Waals surface area contributed by atoms with E-state index in [2.05, 4.69) is 5.32 Å². The van der Waals surface area contributed by atoms with Crippen LogP contribution in [0.15, 0.2) is 18.2 Å². The van der Waals surface area contributed by atoms with Gasteiger partial charge in [-0.1, -0.05) is 19.9 Å². The molecule has 1 fully saturated rings. The highest BCUT2D eigenvalue weighted by molar-refractivity contribution is 6.45. The summed E-state index contributed by atoms with van der Waals surface area (Å²) in [6.45, 7) is 4.77. The number of carbonyl (C=O) groups is 4. The Morgan fingerprint density at radius 3 is 2.42 bits per heavy atom. The zero-order valence-electron chi connectivity index (χ0n) is 13.6. The normalized spacial score (nSPS) is 14.8. The van der Waals surface area contributed by atoms with Crippen LogP contribution in [0.3, 0.4) is 0 Å². The molecule has 1 N–H and O–H groups in total. The summed E-state index contributed by atoms with van der Waals surface area (Å²) in [5, 5.41) is 2.43. The number of imide groups is 2. The molecule has 1 aliphatic heterocycles. The third-order valence-corrected chi connectivity index (χ3v) is 3.46. The second-order valence-corrected chi connectivity index (χ2v) is 5.99. The van der Waals surface area contributed by atoms with Gasteiger partial charge in [0.1, 0.15) is 12.4 Å². The van der Waals surface area contributed by atoms with E-state index in [1.54, 1.807) is 20.8 Å². The first kappa shape index (κ1) is 17.6. The molecule has 0 atom stereocenters. The van der Waals surface area contributed by atoms with Crippen LogP contribution in [0.4, 0.5) is 14.9 Å². The minimum absolute atomic E-state index is 0.00517. The van der Waals surface area contributed by atoms with Gasteiger partial charge >= 0.3 is 17.8 Å². The summed E-state index contributed by atoms with van der Waals surface area (Å²) in [6, 6.07) is 3.06. The third kappa shape index (κ3) is 3.58. The van der Waals surface area contributed by atoms with E-state index in [0.717, 1.165) is 11.0 Å². The van der Waals surface area contributed by atoms with Crippen molar-refractivity contribution >= 4 is 29.4 Å². The number of hydrogen-bond acceptors (Lipinski definition) is 4. The fourth-order valence-electron chi connectivity index (χ4n) is 2.28. The molecule has 1 aliphatic rings. The van der Waals surface area contributed by atoms with Gasteiger partial charge in [-0.2, -0.15) is 0 Å². The lowest BCUT2D eigenvalue weighted by Crippen LogP contribution is -2.39. The zero-order chi connectivity index (χ0) is 18.0. The molecule has 0 saturated carbocycles. The van der Waals surface area contributed by atoms with E-state index in [0.29, 0.717) is 10.5 Å². The lowest BCUT2D eigenvalue weighted by Gasteiger charge is -2.17. The van der Waals surface area contributed by atoms with Gasteiger partial charge in [0.2, 0.25) is 5.91 Å². The second-order valence-electron chi connectivity index (χ2n) is 5.99. The van der Waals surface area contributed by atoms with E-state index in [9.17, 15) is 23.6 Å². The minimum Gasteiger partial charge on any atom is -0.324 e. The van der Waals surface area contributed by atoms with Crippen LogP contribution in [-0.4, -0.2) is 46.6 Å². The van der Waals surface area contributed by atoms with Gasteiger partial charge in [0, 0.05) is 12.2 Å². The molecule has 2 rings (SSSR count). The zero-order valence-corrected chi connectivity index (χ0v) is 13.6. The van der Waals surface area contributed by atoms with Crippen molar-refractivity contribution in [2.75, 3.05) is 18.4 Å². The van der Waals surface area contributed by atoms with Gasteiger partial charge in [0.05, 0.1) is 0 Å². The van der Waals surface area contributed by atoms with Crippen molar-refractivity contribution in [1.82, 2.24) is 9.80 Å². The number of halogens is 1. The molecular formula is C16H18FN3O4. The van der Waals surface area contributed by atoms with Gasteiger partial charge < -0.3 is 5.32 Å². The molecule has 0 aromatic heterocycles. The van der Waals surface area contributed by atoms with Crippen molar-refractivity contribution in [3.05, 3.63) is 29.6 Å². The SMILES string of the molecule is Cc1ccc(F)cc1NC(=O)CN1C(=O)C(=O)N(CC(C)C)C1=O. The molecule has 1 aromatic rings. The van der Waals surface area contributed by atoms with E-state index in [1.807, 2.05) is 0 Å². The van der Waals surface area contributed by atoms with Crippen molar-refractivity contribution < 1.29 is 23.6 Å². The van der Waals surface area contributed by atoms with Crippen molar-refractivity contribution in [2.45, 2.75) is 20.8 Å². The Kier molecular flexibility index (Phi) is 4.96. The number of rotatable bonds is 5. The number of hydrogen-bond donors (Lipinski definition) is 1. The number of anilines is 1. The first-order chi connectivity index (χ1) is 11.2. The van der Waals surface area contributed by atoms with Crippen molar-refractivity contribution in [2.24, 2.45) is 5.92 Å². The van der Waals surface area contributed by atoms with Gasteiger partial charge in [-0.3, -0.25) is 19.3 Å². The van der Waals surface area contributed by atoms with E-state index in [4.69, 9.17) is 0 Å². The Morgan fingerprint density at radius 2 is 1.79 bits per heavy atom. The van der Waals surface area contributed by atoms with Gasteiger partial charge in [-0.05, 0) is 30.5 Å². The molecule has 7 nitrogen and oxygen atoms in total. The van der Waals surface area contributed by atoms with Gasteiger partial charge in [-0.25, -0.2) is 14.1 Å². The minimum atomic E-state index is -1.04. The maximum atomic E-state index is 13.2. The molecule has 1 aromatic carbocycles. The monoisotopic (exact) mass is 335 g/mol. The predicted octanol–water partition coefficient (Wildman–Crippen LogP) is 1.52. The van der Waals surface area contributed by atoms with E-state index < -0.39 is 36.1 Å². The summed E-state index contributed by atoms with van der Waals surface area (Å²) in [5.41, 5.74) is 0.866. The molecule has 0 radical (unpaired) electrons. The topological polar surface area (TPSA) is 86.8 Å². The number of nitrogens with zero attached hydrogens (tertiary/aromatic N) is 2. The number of nitrogens with one attached hydrogen (secondary N) is 1. The number of benzene rings is 1. The molecule has 8 heteroatoms.